The van der Waals surface area contributed by atoms with Crippen molar-refractivity contribution in [3.05, 3.63) is 11.4 Å². The number of carboxylic acids is 1. The van der Waals surface area contributed by atoms with E-state index in [0.717, 1.165) is 37.9 Å². The predicted molar refractivity (Wildman–Crippen MR) is 65.2 cm³/mol. The van der Waals surface area contributed by atoms with Gasteiger partial charge < -0.3 is 5.11 Å². The van der Waals surface area contributed by atoms with E-state index in [9.17, 15) is 4.79 Å². The summed E-state index contributed by atoms with van der Waals surface area (Å²) in [6.45, 7) is 6.99. The summed E-state index contributed by atoms with van der Waals surface area (Å²) in [6, 6.07) is 0. The second kappa shape index (κ2) is 6.37. The van der Waals surface area contributed by atoms with Gasteiger partial charge in [0.1, 0.15) is 0 Å². The second-order valence-corrected chi connectivity index (χ2v) is 4.22. The predicted octanol–water partition coefficient (Wildman–Crippen LogP) is 2.68. The molecule has 5 nitrogen and oxygen atoms in total. The lowest BCUT2D eigenvalue weighted by molar-refractivity contribution is 0.0688. The molecule has 0 saturated carbocycles. The van der Waals surface area contributed by atoms with E-state index in [1.807, 2.05) is 0 Å². The van der Waals surface area contributed by atoms with Crippen LogP contribution in [-0.4, -0.2) is 26.1 Å². The molecule has 0 aliphatic heterocycles. The first-order valence-corrected chi connectivity index (χ1v) is 6.32. The first-order chi connectivity index (χ1) is 8.15. The molecule has 0 aromatic carbocycles. The molecule has 5 heteroatoms. The Morgan fingerprint density at radius 2 is 2.00 bits per heavy atom. The van der Waals surface area contributed by atoms with Crippen LogP contribution in [0.3, 0.4) is 0 Å². The van der Waals surface area contributed by atoms with Crippen LogP contribution in [0.4, 0.5) is 0 Å². The van der Waals surface area contributed by atoms with Crippen molar-refractivity contribution < 1.29 is 9.90 Å². The van der Waals surface area contributed by atoms with E-state index in [4.69, 9.17) is 5.11 Å². The van der Waals surface area contributed by atoms with Gasteiger partial charge >= 0.3 is 5.97 Å². The van der Waals surface area contributed by atoms with Crippen molar-refractivity contribution in [2.75, 3.05) is 0 Å². The molecule has 1 N–H and O–H groups in total. The van der Waals surface area contributed by atoms with Gasteiger partial charge in [-0.25, -0.2) is 9.48 Å². The van der Waals surface area contributed by atoms with Gasteiger partial charge in [0, 0.05) is 12.5 Å². The minimum Gasteiger partial charge on any atom is -0.476 e. The molecule has 0 saturated heterocycles. The maximum absolute atomic E-state index is 11.1. The van der Waals surface area contributed by atoms with Gasteiger partial charge in [-0.1, -0.05) is 32.4 Å². The fourth-order valence-corrected chi connectivity index (χ4v) is 2.03. The topological polar surface area (TPSA) is 68.0 Å². The normalized spacial score (nSPS) is 11.1. The van der Waals surface area contributed by atoms with Gasteiger partial charge in [0.05, 0.1) is 5.69 Å². The number of carboxylic acid groups (broad SMARTS) is 1. The van der Waals surface area contributed by atoms with Crippen LogP contribution < -0.4 is 0 Å². The molecule has 0 fully saturated rings. The third-order valence-electron chi connectivity index (χ3n) is 3.07. The van der Waals surface area contributed by atoms with Crippen LogP contribution in [0.15, 0.2) is 0 Å². The average Bonchev–Trinajstić information content (AvgIpc) is 2.72. The van der Waals surface area contributed by atoms with E-state index in [2.05, 4.69) is 31.1 Å². The molecule has 1 aromatic rings. The molecule has 0 spiro atoms. The van der Waals surface area contributed by atoms with Crippen molar-refractivity contribution in [3.63, 3.8) is 0 Å². The first kappa shape index (κ1) is 13.7. The molecule has 0 atom stereocenters. The smallest absolute Gasteiger partial charge is 0.358 e. The second-order valence-electron chi connectivity index (χ2n) is 4.22. The summed E-state index contributed by atoms with van der Waals surface area (Å²) in [5.41, 5.74) is 0.908. The summed E-state index contributed by atoms with van der Waals surface area (Å²) in [5.74, 6) is -0.748. The van der Waals surface area contributed by atoms with Crippen LogP contribution in [0.25, 0.3) is 0 Å². The molecule has 96 valence electrons. The largest absolute Gasteiger partial charge is 0.476 e. The van der Waals surface area contributed by atoms with Crippen molar-refractivity contribution in [2.45, 2.75) is 58.9 Å². The summed E-state index contributed by atoms with van der Waals surface area (Å²) < 4.78 is 1.77. The number of nitrogens with zero attached hydrogens (tertiary/aromatic N) is 3. The number of rotatable bonds is 7. The summed E-state index contributed by atoms with van der Waals surface area (Å²) in [5, 5.41) is 16.9. The highest BCUT2D eigenvalue weighted by molar-refractivity contribution is 5.86. The number of aromatic nitrogens is 3. The van der Waals surface area contributed by atoms with Crippen LogP contribution >= 0.6 is 0 Å². The van der Waals surface area contributed by atoms with Gasteiger partial charge in [-0.2, -0.15) is 0 Å². The van der Waals surface area contributed by atoms with Gasteiger partial charge in [0.2, 0.25) is 0 Å². The Bertz CT molecular complexity index is 370. The van der Waals surface area contributed by atoms with Gasteiger partial charge in [0.25, 0.3) is 0 Å². The van der Waals surface area contributed by atoms with E-state index < -0.39 is 5.97 Å². The Morgan fingerprint density at radius 1 is 1.35 bits per heavy atom. The van der Waals surface area contributed by atoms with Gasteiger partial charge in [-0.3, -0.25) is 0 Å². The molecule has 0 radical (unpaired) electrons. The molecule has 17 heavy (non-hydrogen) atoms. The van der Waals surface area contributed by atoms with Crippen molar-refractivity contribution in [1.82, 2.24) is 15.0 Å². The fraction of sp³-hybridized carbons (Fsp3) is 0.750. The van der Waals surface area contributed by atoms with E-state index in [-0.39, 0.29) is 11.6 Å². The molecule has 0 bridgehead atoms. The third-order valence-corrected chi connectivity index (χ3v) is 3.07. The third kappa shape index (κ3) is 3.05. The number of carbonyl (C=O) groups is 1. The molecule has 0 aliphatic rings. The van der Waals surface area contributed by atoms with Crippen LogP contribution in [0.1, 0.15) is 68.6 Å². The number of hydrogen-bond acceptors (Lipinski definition) is 3. The average molecular weight is 239 g/mol. The zero-order valence-corrected chi connectivity index (χ0v) is 10.8. The van der Waals surface area contributed by atoms with Crippen LogP contribution in [0.5, 0.6) is 0 Å². The van der Waals surface area contributed by atoms with E-state index in [0.29, 0.717) is 0 Å². The Kier molecular flexibility index (Phi) is 5.12. The molecule has 0 unspecified atom stereocenters. The minimum atomic E-state index is -0.977. The number of aryl methyl sites for hydroxylation is 1. The lowest BCUT2D eigenvalue weighted by Gasteiger charge is -2.14. The summed E-state index contributed by atoms with van der Waals surface area (Å²) in [7, 11) is 0. The first-order valence-electron chi connectivity index (χ1n) is 6.32. The molecular weight excluding hydrogens is 218 g/mol. The summed E-state index contributed by atoms with van der Waals surface area (Å²) >= 11 is 0. The summed E-state index contributed by atoms with van der Waals surface area (Å²) in [6.07, 6.45) is 3.88. The van der Waals surface area contributed by atoms with Crippen molar-refractivity contribution in [2.24, 2.45) is 0 Å². The van der Waals surface area contributed by atoms with Gasteiger partial charge in [0.15, 0.2) is 5.69 Å². The van der Waals surface area contributed by atoms with Crippen molar-refractivity contribution >= 4 is 5.97 Å². The molecule has 1 heterocycles. The lowest BCUT2D eigenvalue weighted by Crippen LogP contribution is -2.12. The highest BCUT2D eigenvalue weighted by Crippen LogP contribution is 2.25. The number of hydrogen-bond donors (Lipinski definition) is 1. The monoisotopic (exact) mass is 239 g/mol. The van der Waals surface area contributed by atoms with E-state index in [1.165, 1.54) is 0 Å². The SMILES string of the molecule is CCCCn1nnc(C(=O)O)c1C(CC)CC. The summed E-state index contributed by atoms with van der Waals surface area (Å²) in [4.78, 5) is 11.1. The van der Waals surface area contributed by atoms with Gasteiger partial charge in [-0.05, 0) is 19.3 Å². The molecule has 1 rings (SSSR count). The highest BCUT2D eigenvalue weighted by Gasteiger charge is 2.24. The Hall–Kier alpha value is -1.39. The van der Waals surface area contributed by atoms with Gasteiger partial charge in [-0.15, -0.1) is 5.10 Å². The number of unbranched alkanes of at least 4 members (excludes halogenated alkanes) is 1. The quantitative estimate of drug-likeness (QED) is 0.794. The lowest BCUT2D eigenvalue weighted by atomic mass is 9.97. The number of aromatic carboxylic acids is 1. The maximum Gasteiger partial charge on any atom is 0.358 e. The zero-order chi connectivity index (χ0) is 12.8. The molecule has 0 aliphatic carbocycles. The van der Waals surface area contributed by atoms with Crippen LogP contribution in [-0.2, 0) is 6.54 Å². The zero-order valence-electron chi connectivity index (χ0n) is 10.8. The highest BCUT2D eigenvalue weighted by atomic mass is 16.4. The minimum absolute atomic E-state index is 0.120. The van der Waals surface area contributed by atoms with Crippen molar-refractivity contribution in [3.8, 4) is 0 Å². The Balaban J connectivity index is 3.09. The molecule has 0 amide bonds. The van der Waals surface area contributed by atoms with E-state index in [1.54, 1.807) is 4.68 Å². The van der Waals surface area contributed by atoms with E-state index >= 15 is 0 Å². The van der Waals surface area contributed by atoms with Crippen molar-refractivity contribution in [1.29, 1.82) is 0 Å². The molecule has 1 aromatic heterocycles. The Labute approximate surface area is 102 Å². The molecular formula is C12H21N3O2. The Morgan fingerprint density at radius 3 is 2.47 bits per heavy atom. The maximum atomic E-state index is 11.1. The van der Waals surface area contributed by atoms with Crippen LogP contribution in [0, 0.1) is 0 Å². The van der Waals surface area contributed by atoms with Crippen LogP contribution in [0.2, 0.25) is 0 Å². The fourth-order valence-electron chi connectivity index (χ4n) is 2.03. The standard InChI is InChI=1S/C12H21N3O2/c1-4-7-8-15-11(9(5-2)6-3)10(12(16)17)13-14-15/h9H,4-8H2,1-3H3,(H,16,17).